The summed E-state index contributed by atoms with van der Waals surface area (Å²) in [4.78, 5) is 14.6. The number of amides is 2. The number of para-hydroxylation sites is 1. The molecule has 0 aliphatic carbocycles. The molecule has 0 unspecified atom stereocenters. The van der Waals surface area contributed by atoms with E-state index in [0.29, 0.717) is 12.0 Å². The van der Waals surface area contributed by atoms with Crippen molar-refractivity contribution in [2.45, 2.75) is 32.7 Å². The summed E-state index contributed by atoms with van der Waals surface area (Å²) in [5, 5.41) is 6.53. The minimum absolute atomic E-state index is 0. The molecule has 2 amide bonds. The van der Waals surface area contributed by atoms with Crippen LogP contribution in [0.25, 0.3) is 0 Å². The maximum atomic E-state index is 12.6. The van der Waals surface area contributed by atoms with Crippen LogP contribution in [0.2, 0.25) is 0 Å². The number of halogens is 1. The van der Waals surface area contributed by atoms with Crippen molar-refractivity contribution < 1.29 is 4.79 Å². The number of likely N-dealkylation sites (tertiary alicyclic amines) is 1. The monoisotopic (exact) mass is 309 g/mol. The molecule has 1 aromatic carbocycles. The summed E-state index contributed by atoms with van der Waals surface area (Å²) >= 11 is 0. The topological polar surface area (TPSA) is 44.4 Å². The molecule has 116 valence electrons. The first-order chi connectivity index (χ1) is 9.70. The van der Waals surface area contributed by atoms with E-state index in [2.05, 4.69) is 42.7 Å². The third kappa shape index (κ3) is 3.01. The molecule has 2 fully saturated rings. The number of hydrogen-bond acceptors (Lipinski definition) is 2. The van der Waals surface area contributed by atoms with E-state index in [4.69, 9.17) is 0 Å². The molecule has 21 heavy (non-hydrogen) atoms. The molecule has 2 saturated heterocycles. The summed E-state index contributed by atoms with van der Waals surface area (Å²) in [5.41, 5.74) is 3.34. The van der Waals surface area contributed by atoms with E-state index in [9.17, 15) is 4.79 Å². The van der Waals surface area contributed by atoms with Crippen molar-refractivity contribution in [3.05, 3.63) is 29.3 Å². The smallest absolute Gasteiger partial charge is 0.320 e. The zero-order valence-corrected chi connectivity index (χ0v) is 13.5. The standard InChI is InChI=1S/C16H23N3O.ClH/c1-3-12-6-4-5-11(2)15(12)18-16(20)19-8-7-13-9-17-10-14(13)19;/h4-6,13-14,17H,3,7-10H2,1-2H3,(H,18,20);1H/t13-,14+;/m0./s1. The first-order valence-corrected chi connectivity index (χ1v) is 7.57. The highest BCUT2D eigenvalue weighted by molar-refractivity contribution is 5.91. The Balaban J connectivity index is 0.00000161. The SMILES string of the molecule is CCc1cccc(C)c1NC(=O)N1CC[C@H]2CNC[C@H]21.Cl. The number of rotatable bonds is 2. The zero-order chi connectivity index (χ0) is 14.1. The Bertz CT molecular complexity index is 520. The van der Waals surface area contributed by atoms with Crippen molar-refractivity contribution in [1.82, 2.24) is 10.2 Å². The molecule has 2 atom stereocenters. The molecule has 5 heteroatoms. The maximum absolute atomic E-state index is 12.6. The number of carbonyl (C=O) groups is 1. The van der Waals surface area contributed by atoms with E-state index in [1.54, 1.807) is 0 Å². The first-order valence-electron chi connectivity index (χ1n) is 7.57. The van der Waals surface area contributed by atoms with Crippen molar-refractivity contribution in [2.75, 3.05) is 25.0 Å². The average Bonchev–Trinajstić information content (AvgIpc) is 3.03. The third-order valence-corrected chi connectivity index (χ3v) is 4.68. The Hall–Kier alpha value is -1.26. The lowest BCUT2D eigenvalue weighted by Crippen LogP contribution is -2.41. The molecule has 0 spiro atoms. The number of fused-ring (bicyclic) bond motifs is 1. The quantitative estimate of drug-likeness (QED) is 0.882. The lowest BCUT2D eigenvalue weighted by Gasteiger charge is -2.25. The fourth-order valence-electron chi connectivity index (χ4n) is 3.48. The summed E-state index contributed by atoms with van der Waals surface area (Å²) in [5.74, 6) is 0.642. The van der Waals surface area contributed by atoms with Crippen molar-refractivity contribution in [1.29, 1.82) is 0 Å². The highest BCUT2D eigenvalue weighted by Gasteiger charge is 2.40. The van der Waals surface area contributed by atoms with Crippen LogP contribution < -0.4 is 10.6 Å². The summed E-state index contributed by atoms with van der Waals surface area (Å²) in [6.07, 6.45) is 2.06. The lowest BCUT2D eigenvalue weighted by atomic mass is 10.1. The zero-order valence-electron chi connectivity index (χ0n) is 12.7. The van der Waals surface area contributed by atoms with Crippen molar-refractivity contribution in [3.63, 3.8) is 0 Å². The highest BCUT2D eigenvalue weighted by Crippen LogP contribution is 2.28. The van der Waals surface area contributed by atoms with Crippen LogP contribution in [-0.2, 0) is 6.42 Å². The van der Waals surface area contributed by atoms with Gasteiger partial charge >= 0.3 is 6.03 Å². The minimum atomic E-state index is 0. The number of urea groups is 1. The molecule has 2 aliphatic rings. The predicted octanol–water partition coefficient (Wildman–Crippen LogP) is 2.80. The molecule has 0 radical (unpaired) electrons. The molecule has 3 rings (SSSR count). The van der Waals surface area contributed by atoms with Gasteiger partial charge in [-0.15, -0.1) is 12.4 Å². The minimum Gasteiger partial charge on any atom is -0.320 e. The van der Waals surface area contributed by atoms with Crippen LogP contribution in [0.1, 0.15) is 24.5 Å². The molecule has 4 nitrogen and oxygen atoms in total. The summed E-state index contributed by atoms with van der Waals surface area (Å²) in [6, 6.07) is 6.64. The summed E-state index contributed by atoms with van der Waals surface area (Å²) < 4.78 is 0. The number of hydrogen-bond donors (Lipinski definition) is 2. The van der Waals surface area contributed by atoms with Gasteiger partial charge in [0.1, 0.15) is 0 Å². The first kappa shape index (κ1) is 16.1. The maximum Gasteiger partial charge on any atom is 0.322 e. The van der Waals surface area contributed by atoms with E-state index in [-0.39, 0.29) is 18.4 Å². The predicted molar refractivity (Wildman–Crippen MR) is 88.3 cm³/mol. The number of nitrogens with zero attached hydrogens (tertiary/aromatic N) is 1. The van der Waals surface area contributed by atoms with Crippen molar-refractivity contribution in [3.8, 4) is 0 Å². The van der Waals surface area contributed by atoms with Gasteiger partial charge < -0.3 is 15.5 Å². The van der Waals surface area contributed by atoms with Crippen LogP contribution in [-0.4, -0.2) is 36.6 Å². The Labute approximate surface area is 132 Å². The van der Waals surface area contributed by atoms with Gasteiger partial charge in [0.25, 0.3) is 0 Å². The number of benzene rings is 1. The second kappa shape index (κ2) is 6.67. The van der Waals surface area contributed by atoms with Gasteiger partial charge in [-0.2, -0.15) is 0 Å². The Morgan fingerprint density at radius 1 is 1.43 bits per heavy atom. The molecular formula is C16H24ClN3O. The summed E-state index contributed by atoms with van der Waals surface area (Å²) in [7, 11) is 0. The molecule has 0 bridgehead atoms. The molecule has 0 saturated carbocycles. The second-order valence-corrected chi connectivity index (χ2v) is 5.86. The van der Waals surface area contributed by atoms with E-state index in [1.165, 1.54) is 5.56 Å². The number of nitrogens with one attached hydrogen (secondary N) is 2. The van der Waals surface area contributed by atoms with Crippen LogP contribution in [0.15, 0.2) is 18.2 Å². The fraction of sp³-hybridized carbons (Fsp3) is 0.562. The lowest BCUT2D eigenvalue weighted by molar-refractivity contribution is 0.206. The van der Waals surface area contributed by atoms with Crippen LogP contribution in [0, 0.1) is 12.8 Å². The van der Waals surface area contributed by atoms with E-state index >= 15 is 0 Å². The number of carbonyl (C=O) groups excluding carboxylic acids is 1. The van der Waals surface area contributed by atoms with Gasteiger partial charge in [0.05, 0.1) is 0 Å². The fourth-order valence-corrected chi connectivity index (χ4v) is 3.48. The van der Waals surface area contributed by atoms with Crippen LogP contribution in [0.5, 0.6) is 0 Å². The molecule has 2 N–H and O–H groups in total. The third-order valence-electron chi connectivity index (χ3n) is 4.68. The van der Waals surface area contributed by atoms with Gasteiger partial charge in [-0.25, -0.2) is 4.79 Å². The van der Waals surface area contributed by atoms with Gasteiger partial charge in [0.2, 0.25) is 0 Å². The molecule has 1 aromatic rings. The molecule has 2 heterocycles. The van der Waals surface area contributed by atoms with Crippen molar-refractivity contribution >= 4 is 24.1 Å². The average molecular weight is 310 g/mol. The van der Waals surface area contributed by atoms with Crippen LogP contribution in [0.4, 0.5) is 10.5 Å². The normalized spacial score (nSPS) is 23.6. The van der Waals surface area contributed by atoms with E-state index in [1.807, 2.05) is 4.90 Å². The molecular weight excluding hydrogens is 286 g/mol. The Morgan fingerprint density at radius 2 is 2.24 bits per heavy atom. The molecule has 2 aliphatic heterocycles. The Morgan fingerprint density at radius 3 is 3.00 bits per heavy atom. The van der Waals surface area contributed by atoms with Crippen LogP contribution >= 0.6 is 12.4 Å². The molecule has 0 aromatic heterocycles. The Kier molecular flexibility index (Phi) is 5.12. The van der Waals surface area contributed by atoms with E-state index in [0.717, 1.165) is 43.7 Å². The van der Waals surface area contributed by atoms with Crippen molar-refractivity contribution in [2.24, 2.45) is 5.92 Å². The highest BCUT2D eigenvalue weighted by atomic mass is 35.5. The second-order valence-electron chi connectivity index (χ2n) is 5.86. The van der Waals surface area contributed by atoms with Gasteiger partial charge in [-0.1, -0.05) is 25.1 Å². The van der Waals surface area contributed by atoms with Gasteiger partial charge in [-0.05, 0) is 36.8 Å². The van der Waals surface area contributed by atoms with E-state index < -0.39 is 0 Å². The summed E-state index contributed by atoms with van der Waals surface area (Å²) in [6.45, 7) is 7.05. The largest absolute Gasteiger partial charge is 0.322 e. The van der Waals surface area contributed by atoms with Gasteiger partial charge in [0, 0.05) is 31.4 Å². The number of aryl methyl sites for hydroxylation is 2. The van der Waals surface area contributed by atoms with Gasteiger partial charge in [-0.3, -0.25) is 0 Å². The van der Waals surface area contributed by atoms with Crippen LogP contribution in [0.3, 0.4) is 0 Å². The van der Waals surface area contributed by atoms with Gasteiger partial charge in [0.15, 0.2) is 0 Å². The number of anilines is 1.